The number of carbonyl (C=O) groups excluding carboxylic acids is 1. The highest BCUT2D eigenvalue weighted by atomic mass is 16.5. The summed E-state index contributed by atoms with van der Waals surface area (Å²) in [5, 5.41) is 2.16. The van der Waals surface area contributed by atoms with Gasteiger partial charge in [0, 0.05) is 38.1 Å². The second-order valence-corrected chi connectivity index (χ2v) is 6.91. The summed E-state index contributed by atoms with van der Waals surface area (Å²) in [4.78, 5) is 16.9. The predicted octanol–water partition coefficient (Wildman–Crippen LogP) is 3.56. The summed E-state index contributed by atoms with van der Waals surface area (Å²) in [6.07, 6.45) is 0. The van der Waals surface area contributed by atoms with Crippen LogP contribution in [0.3, 0.4) is 0 Å². The van der Waals surface area contributed by atoms with E-state index >= 15 is 0 Å². The standard InChI is InChI=1S/C23H24N2O2/c26-23(18-27-22-12-6-10-20-9-4-5-11-21(20)22)25-15-13-24(14-16-25)17-19-7-2-1-3-8-19/h1-12H,13-18H2. The summed E-state index contributed by atoms with van der Waals surface area (Å²) >= 11 is 0. The summed E-state index contributed by atoms with van der Waals surface area (Å²) in [5.41, 5.74) is 1.32. The van der Waals surface area contributed by atoms with Crippen molar-refractivity contribution in [2.75, 3.05) is 32.8 Å². The lowest BCUT2D eigenvalue weighted by molar-refractivity contribution is -0.135. The Morgan fingerprint density at radius 1 is 0.815 bits per heavy atom. The average Bonchev–Trinajstić information content (AvgIpc) is 2.73. The fraction of sp³-hybridized carbons (Fsp3) is 0.261. The molecule has 0 bridgehead atoms. The Hall–Kier alpha value is -2.85. The minimum atomic E-state index is 0.0577. The molecule has 0 atom stereocenters. The molecular weight excluding hydrogens is 336 g/mol. The number of amides is 1. The SMILES string of the molecule is O=C(COc1cccc2ccccc12)N1CCN(Cc2ccccc2)CC1. The quantitative estimate of drug-likeness (QED) is 0.697. The van der Waals surface area contributed by atoms with E-state index in [1.807, 2.05) is 41.3 Å². The van der Waals surface area contributed by atoms with Gasteiger partial charge in [-0.25, -0.2) is 0 Å². The molecule has 27 heavy (non-hydrogen) atoms. The molecule has 1 aliphatic rings. The van der Waals surface area contributed by atoms with Crippen molar-refractivity contribution < 1.29 is 9.53 Å². The van der Waals surface area contributed by atoms with Crippen LogP contribution in [-0.4, -0.2) is 48.5 Å². The molecule has 4 rings (SSSR count). The Kier molecular flexibility index (Phi) is 5.35. The molecule has 1 heterocycles. The summed E-state index contributed by atoms with van der Waals surface area (Å²) in [5.74, 6) is 0.825. The lowest BCUT2D eigenvalue weighted by atomic mass is 10.1. The molecule has 138 valence electrons. The molecular formula is C23H24N2O2. The summed E-state index contributed by atoms with van der Waals surface area (Å²) < 4.78 is 5.85. The first-order valence-electron chi connectivity index (χ1n) is 9.44. The van der Waals surface area contributed by atoms with Gasteiger partial charge < -0.3 is 9.64 Å². The van der Waals surface area contributed by atoms with Gasteiger partial charge in [0.25, 0.3) is 5.91 Å². The van der Waals surface area contributed by atoms with E-state index in [-0.39, 0.29) is 12.5 Å². The molecule has 0 spiro atoms. The van der Waals surface area contributed by atoms with Gasteiger partial charge in [-0.15, -0.1) is 0 Å². The number of ether oxygens (including phenoxy) is 1. The number of benzene rings is 3. The normalized spacial score (nSPS) is 15.0. The van der Waals surface area contributed by atoms with Crippen molar-refractivity contribution in [3.63, 3.8) is 0 Å². The topological polar surface area (TPSA) is 32.8 Å². The highest BCUT2D eigenvalue weighted by Crippen LogP contribution is 2.25. The second kappa shape index (κ2) is 8.23. The minimum Gasteiger partial charge on any atom is -0.483 e. The van der Waals surface area contributed by atoms with Gasteiger partial charge in [0.15, 0.2) is 6.61 Å². The van der Waals surface area contributed by atoms with Crippen molar-refractivity contribution in [3.8, 4) is 5.75 Å². The van der Waals surface area contributed by atoms with Gasteiger partial charge in [-0.2, -0.15) is 0 Å². The Morgan fingerprint density at radius 3 is 2.33 bits per heavy atom. The van der Waals surface area contributed by atoms with Crippen LogP contribution in [0, 0.1) is 0 Å². The molecule has 0 unspecified atom stereocenters. The van der Waals surface area contributed by atoms with Gasteiger partial charge in [0.2, 0.25) is 0 Å². The van der Waals surface area contributed by atoms with E-state index < -0.39 is 0 Å². The molecule has 1 amide bonds. The van der Waals surface area contributed by atoms with Crippen LogP contribution < -0.4 is 4.74 Å². The van der Waals surface area contributed by atoms with Crippen molar-refractivity contribution in [2.45, 2.75) is 6.54 Å². The lowest BCUT2D eigenvalue weighted by Gasteiger charge is -2.34. The summed E-state index contributed by atoms with van der Waals surface area (Å²) in [7, 11) is 0. The Labute approximate surface area is 160 Å². The highest BCUT2D eigenvalue weighted by Gasteiger charge is 2.21. The summed E-state index contributed by atoms with van der Waals surface area (Å²) in [6, 6.07) is 24.5. The van der Waals surface area contributed by atoms with Crippen LogP contribution in [0.5, 0.6) is 5.75 Å². The van der Waals surface area contributed by atoms with Crippen molar-refractivity contribution in [2.24, 2.45) is 0 Å². The molecule has 1 aliphatic heterocycles. The lowest BCUT2D eigenvalue weighted by Crippen LogP contribution is -2.49. The number of carbonyl (C=O) groups is 1. The molecule has 0 radical (unpaired) electrons. The van der Waals surface area contributed by atoms with Crippen LogP contribution in [0.2, 0.25) is 0 Å². The molecule has 4 nitrogen and oxygen atoms in total. The molecule has 3 aromatic rings. The third-order valence-corrected chi connectivity index (χ3v) is 5.07. The summed E-state index contributed by atoms with van der Waals surface area (Å²) in [6.45, 7) is 4.33. The number of piperazine rings is 1. The largest absolute Gasteiger partial charge is 0.483 e. The van der Waals surface area contributed by atoms with E-state index in [1.165, 1.54) is 5.56 Å². The third kappa shape index (κ3) is 4.29. The number of hydrogen-bond donors (Lipinski definition) is 0. The van der Waals surface area contributed by atoms with Gasteiger partial charge >= 0.3 is 0 Å². The van der Waals surface area contributed by atoms with Crippen molar-refractivity contribution in [1.82, 2.24) is 9.80 Å². The first-order valence-corrected chi connectivity index (χ1v) is 9.44. The van der Waals surface area contributed by atoms with E-state index in [0.29, 0.717) is 0 Å². The maximum absolute atomic E-state index is 12.6. The van der Waals surface area contributed by atoms with E-state index in [1.54, 1.807) is 0 Å². The Morgan fingerprint density at radius 2 is 1.52 bits per heavy atom. The number of hydrogen-bond acceptors (Lipinski definition) is 3. The number of rotatable bonds is 5. The van der Waals surface area contributed by atoms with Gasteiger partial charge in [-0.05, 0) is 17.0 Å². The van der Waals surface area contributed by atoms with Gasteiger partial charge in [-0.3, -0.25) is 9.69 Å². The van der Waals surface area contributed by atoms with Crippen LogP contribution in [0.1, 0.15) is 5.56 Å². The zero-order chi connectivity index (χ0) is 18.5. The molecule has 0 saturated carbocycles. The molecule has 0 aliphatic carbocycles. The fourth-order valence-corrected chi connectivity index (χ4v) is 3.55. The van der Waals surface area contributed by atoms with Crippen molar-refractivity contribution in [3.05, 3.63) is 78.4 Å². The van der Waals surface area contributed by atoms with Crippen LogP contribution in [0.4, 0.5) is 0 Å². The monoisotopic (exact) mass is 360 g/mol. The van der Waals surface area contributed by atoms with E-state index in [4.69, 9.17) is 4.74 Å². The highest BCUT2D eigenvalue weighted by molar-refractivity contribution is 5.88. The molecule has 1 saturated heterocycles. The van der Waals surface area contributed by atoms with Gasteiger partial charge in [0.05, 0.1) is 0 Å². The smallest absolute Gasteiger partial charge is 0.260 e. The molecule has 0 N–H and O–H groups in total. The first kappa shape index (κ1) is 17.6. The molecule has 4 heteroatoms. The average molecular weight is 360 g/mol. The number of nitrogens with zero attached hydrogens (tertiary/aromatic N) is 2. The van der Waals surface area contributed by atoms with E-state index in [2.05, 4.69) is 41.3 Å². The second-order valence-electron chi connectivity index (χ2n) is 6.91. The minimum absolute atomic E-state index is 0.0577. The zero-order valence-electron chi connectivity index (χ0n) is 15.4. The zero-order valence-corrected chi connectivity index (χ0v) is 15.4. The fourth-order valence-electron chi connectivity index (χ4n) is 3.55. The van der Waals surface area contributed by atoms with Gasteiger partial charge in [-0.1, -0.05) is 66.7 Å². The van der Waals surface area contributed by atoms with Crippen LogP contribution in [-0.2, 0) is 11.3 Å². The van der Waals surface area contributed by atoms with Crippen LogP contribution in [0.15, 0.2) is 72.8 Å². The Balaban J connectivity index is 1.29. The third-order valence-electron chi connectivity index (χ3n) is 5.07. The first-order chi connectivity index (χ1) is 13.3. The van der Waals surface area contributed by atoms with Crippen molar-refractivity contribution >= 4 is 16.7 Å². The molecule has 0 aromatic heterocycles. The maximum atomic E-state index is 12.6. The maximum Gasteiger partial charge on any atom is 0.260 e. The van der Waals surface area contributed by atoms with Crippen molar-refractivity contribution in [1.29, 1.82) is 0 Å². The van der Waals surface area contributed by atoms with Gasteiger partial charge in [0.1, 0.15) is 5.75 Å². The molecule has 1 fully saturated rings. The Bertz CT molecular complexity index is 897. The molecule has 3 aromatic carbocycles. The number of fused-ring (bicyclic) bond motifs is 1. The predicted molar refractivity (Wildman–Crippen MR) is 108 cm³/mol. The van der Waals surface area contributed by atoms with E-state index in [9.17, 15) is 4.79 Å². The van der Waals surface area contributed by atoms with Crippen LogP contribution >= 0.6 is 0 Å². The van der Waals surface area contributed by atoms with E-state index in [0.717, 1.165) is 49.2 Å². The van der Waals surface area contributed by atoms with Crippen LogP contribution in [0.25, 0.3) is 10.8 Å².